The fourth-order valence-corrected chi connectivity index (χ4v) is 3.71. The monoisotopic (exact) mass is 230 g/mol. The van der Waals surface area contributed by atoms with Crippen LogP contribution in [0, 0.1) is 17.8 Å². The summed E-state index contributed by atoms with van der Waals surface area (Å²) in [5, 5.41) is 3.59. The first-order valence-corrected chi connectivity index (χ1v) is 6.87. The molecule has 2 aliphatic carbocycles. The molecular weight excluding hydrogens is 208 g/mol. The molecule has 0 spiro atoms. The van der Waals surface area contributed by atoms with Crippen LogP contribution in [0.4, 0.5) is 5.69 Å². The van der Waals surface area contributed by atoms with Crippen LogP contribution in [0.1, 0.15) is 31.2 Å². The van der Waals surface area contributed by atoms with E-state index in [9.17, 15) is 0 Å². The van der Waals surface area contributed by atoms with Gasteiger partial charge in [0.25, 0.3) is 0 Å². The lowest BCUT2D eigenvalue weighted by Gasteiger charge is -2.22. The van der Waals surface area contributed by atoms with Gasteiger partial charge in [-0.1, -0.05) is 24.6 Å². The van der Waals surface area contributed by atoms with Gasteiger partial charge in [0.15, 0.2) is 0 Å². The Balaban J connectivity index is 1.48. The summed E-state index contributed by atoms with van der Waals surface area (Å²) in [6.07, 6.45) is 5.93. The summed E-state index contributed by atoms with van der Waals surface area (Å²) in [5.41, 5.74) is 8.08. The summed E-state index contributed by atoms with van der Waals surface area (Å²) < 4.78 is 0. The van der Waals surface area contributed by atoms with Crippen LogP contribution < -0.4 is 11.1 Å². The smallest absolute Gasteiger partial charge is 0.0359 e. The van der Waals surface area contributed by atoms with Gasteiger partial charge in [0.2, 0.25) is 0 Å². The molecule has 3 unspecified atom stereocenters. The van der Waals surface area contributed by atoms with Crippen LogP contribution in [-0.4, -0.2) is 6.54 Å². The summed E-state index contributed by atoms with van der Waals surface area (Å²) in [7, 11) is 0. The Kier molecular flexibility index (Phi) is 3.06. The maximum absolute atomic E-state index is 5.94. The Labute approximate surface area is 104 Å². The van der Waals surface area contributed by atoms with Crippen molar-refractivity contribution in [1.29, 1.82) is 0 Å². The Bertz CT molecular complexity index is 388. The van der Waals surface area contributed by atoms with Crippen LogP contribution in [-0.2, 0) is 6.54 Å². The summed E-state index contributed by atoms with van der Waals surface area (Å²) in [6.45, 7) is 2.09. The third-order valence-electron chi connectivity index (χ3n) is 4.66. The maximum Gasteiger partial charge on any atom is 0.0359 e. The van der Waals surface area contributed by atoms with Crippen LogP contribution in [0.25, 0.3) is 0 Å². The SMILES string of the molecule is Nc1ccccc1CNCC1CC2CCC1C2. The van der Waals surface area contributed by atoms with Crippen molar-refractivity contribution in [2.75, 3.05) is 12.3 Å². The zero-order valence-corrected chi connectivity index (χ0v) is 10.4. The number of rotatable bonds is 4. The molecule has 3 atom stereocenters. The predicted molar refractivity (Wildman–Crippen MR) is 71.5 cm³/mol. The molecule has 1 aromatic carbocycles. The minimum atomic E-state index is 0.910. The van der Waals surface area contributed by atoms with Gasteiger partial charge < -0.3 is 11.1 Å². The van der Waals surface area contributed by atoms with Crippen molar-refractivity contribution in [3.8, 4) is 0 Å². The first kappa shape index (κ1) is 11.1. The topological polar surface area (TPSA) is 38.0 Å². The fraction of sp³-hybridized carbons (Fsp3) is 0.600. The van der Waals surface area contributed by atoms with Crippen molar-refractivity contribution < 1.29 is 0 Å². The molecule has 92 valence electrons. The molecule has 17 heavy (non-hydrogen) atoms. The molecule has 0 heterocycles. The highest BCUT2D eigenvalue weighted by atomic mass is 14.9. The molecule has 3 rings (SSSR count). The quantitative estimate of drug-likeness (QED) is 0.781. The molecule has 1 aromatic rings. The van der Waals surface area contributed by atoms with Gasteiger partial charge in [-0.25, -0.2) is 0 Å². The van der Waals surface area contributed by atoms with E-state index in [1.165, 1.54) is 37.8 Å². The summed E-state index contributed by atoms with van der Waals surface area (Å²) in [6, 6.07) is 8.15. The van der Waals surface area contributed by atoms with Crippen molar-refractivity contribution in [3.63, 3.8) is 0 Å². The molecule has 3 N–H and O–H groups in total. The van der Waals surface area contributed by atoms with E-state index in [2.05, 4.69) is 17.4 Å². The van der Waals surface area contributed by atoms with Gasteiger partial charge in [0.05, 0.1) is 0 Å². The van der Waals surface area contributed by atoms with Gasteiger partial charge in [-0.2, -0.15) is 0 Å². The zero-order chi connectivity index (χ0) is 11.7. The van der Waals surface area contributed by atoms with Crippen molar-refractivity contribution in [2.45, 2.75) is 32.2 Å². The van der Waals surface area contributed by atoms with Crippen LogP contribution in [0.15, 0.2) is 24.3 Å². The van der Waals surface area contributed by atoms with E-state index in [0.29, 0.717) is 0 Å². The number of fused-ring (bicyclic) bond motifs is 2. The lowest BCUT2D eigenvalue weighted by atomic mass is 9.89. The van der Waals surface area contributed by atoms with E-state index in [0.717, 1.165) is 30.0 Å². The first-order chi connectivity index (χ1) is 8.33. The number of para-hydroxylation sites is 1. The summed E-state index contributed by atoms with van der Waals surface area (Å²) >= 11 is 0. The second-order valence-corrected chi connectivity index (χ2v) is 5.76. The molecule has 2 heteroatoms. The van der Waals surface area contributed by atoms with Crippen LogP contribution in [0.3, 0.4) is 0 Å². The highest BCUT2D eigenvalue weighted by molar-refractivity contribution is 5.46. The Morgan fingerprint density at radius 2 is 2.06 bits per heavy atom. The van der Waals surface area contributed by atoms with E-state index in [-0.39, 0.29) is 0 Å². The van der Waals surface area contributed by atoms with E-state index in [4.69, 9.17) is 5.73 Å². The number of anilines is 1. The Morgan fingerprint density at radius 1 is 1.18 bits per heavy atom. The third kappa shape index (κ3) is 2.32. The van der Waals surface area contributed by atoms with Gasteiger partial charge in [0, 0.05) is 12.2 Å². The molecule has 0 aromatic heterocycles. The largest absolute Gasteiger partial charge is 0.398 e. The standard InChI is InChI=1S/C15H22N2/c16-15-4-2-1-3-13(15)9-17-10-14-8-11-5-6-12(14)7-11/h1-4,11-12,14,17H,5-10,16H2. The maximum atomic E-state index is 5.94. The van der Waals surface area contributed by atoms with Crippen LogP contribution >= 0.6 is 0 Å². The van der Waals surface area contributed by atoms with Gasteiger partial charge in [-0.05, 0) is 55.2 Å². The van der Waals surface area contributed by atoms with Crippen molar-refractivity contribution in [3.05, 3.63) is 29.8 Å². The molecule has 2 saturated carbocycles. The molecule has 0 radical (unpaired) electrons. The van der Waals surface area contributed by atoms with Gasteiger partial charge >= 0.3 is 0 Å². The second kappa shape index (κ2) is 4.69. The van der Waals surface area contributed by atoms with E-state index < -0.39 is 0 Å². The average molecular weight is 230 g/mol. The van der Waals surface area contributed by atoms with Crippen molar-refractivity contribution in [1.82, 2.24) is 5.32 Å². The van der Waals surface area contributed by atoms with E-state index >= 15 is 0 Å². The van der Waals surface area contributed by atoms with Crippen LogP contribution in [0.2, 0.25) is 0 Å². The lowest BCUT2D eigenvalue weighted by molar-refractivity contribution is 0.318. The molecule has 0 saturated heterocycles. The van der Waals surface area contributed by atoms with Gasteiger partial charge in [-0.15, -0.1) is 0 Å². The fourth-order valence-electron chi connectivity index (χ4n) is 3.71. The van der Waals surface area contributed by atoms with Crippen molar-refractivity contribution in [2.24, 2.45) is 17.8 Å². The molecule has 0 amide bonds. The normalized spacial score (nSPS) is 30.9. The molecule has 2 nitrogen and oxygen atoms in total. The minimum Gasteiger partial charge on any atom is -0.398 e. The number of benzene rings is 1. The summed E-state index contributed by atoms with van der Waals surface area (Å²) in [4.78, 5) is 0. The van der Waals surface area contributed by atoms with E-state index in [1.807, 2.05) is 12.1 Å². The third-order valence-corrected chi connectivity index (χ3v) is 4.66. The van der Waals surface area contributed by atoms with Gasteiger partial charge in [0.1, 0.15) is 0 Å². The average Bonchev–Trinajstić information content (AvgIpc) is 2.94. The second-order valence-electron chi connectivity index (χ2n) is 5.76. The molecule has 2 fully saturated rings. The Morgan fingerprint density at radius 3 is 2.76 bits per heavy atom. The first-order valence-electron chi connectivity index (χ1n) is 6.87. The van der Waals surface area contributed by atoms with Crippen LogP contribution in [0.5, 0.6) is 0 Å². The predicted octanol–water partition coefficient (Wildman–Crippen LogP) is 2.79. The zero-order valence-electron chi connectivity index (χ0n) is 10.4. The molecular formula is C15H22N2. The van der Waals surface area contributed by atoms with Gasteiger partial charge in [-0.3, -0.25) is 0 Å². The van der Waals surface area contributed by atoms with Crippen molar-refractivity contribution >= 4 is 5.69 Å². The highest BCUT2D eigenvalue weighted by Gasteiger charge is 2.38. The molecule has 2 aliphatic rings. The number of hydrogen-bond acceptors (Lipinski definition) is 2. The lowest BCUT2D eigenvalue weighted by Crippen LogP contribution is -2.26. The van der Waals surface area contributed by atoms with E-state index in [1.54, 1.807) is 0 Å². The number of hydrogen-bond donors (Lipinski definition) is 2. The number of nitrogens with one attached hydrogen (secondary N) is 1. The highest BCUT2D eigenvalue weighted by Crippen LogP contribution is 2.47. The molecule has 0 aliphatic heterocycles. The minimum absolute atomic E-state index is 0.910. The Hall–Kier alpha value is -1.02. The number of nitrogen functional groups attached to an aromatic ring is 1. The molecule has 2 bridgehead atoms. The number of nitrogens with two attached hydrogens (primary N) is 1. The summed E-state index contributed by atoms with van der Waals surface area (Å²) in [5.74, 6) is 2.99.